The Bertz CT molecular complexity index is 908. The predicted octanol–water partition coefficient (Wildman–Crippen LogP) is -0.263. The first-order valence-electron chi connectivity index (χ1n) is 7.63. The summed E-state index contributed by atoms with van der Waals surface area (Å²) >= 11 is 0. The molecule has 0 aromatic heterocycles. The van der Waals surface area contributed by atoms with Gasteiger partial charge in [0, 0.05) is 18.4 Å². The minimum atomic E-state index is -3.58. The molecule has 1 aromatic rings. The maximum absolute atomic E-state index is 12.9. The molecule has 0 bridgehead atoms. The van der Waals surface area contributed by atoms with E-state index in [1.165, 1.54) is 30.2 Å². The van der Waals surface area contributed by atoms with Gasteiger partial charge >= 0.3 is 0 Å². The van der Waals surface area contributed by atoms with Crippen molar-refractivity contribution in [3.63, 3.8) is 0 Å². The highest BCUT2D eigenvalue weighted by atomic mass is 32.2. The fourth-order valence-corrected chi connectivity index (χ4v) is 5.96. The van der Waals surface area contributed by atoms with Crippen molar-refractivity contribution in [1.82, 2.24) is 4.90 Å². The summed E-state index contributed by atoms with van der Waals surface area (Å²) in [6, 6.07) is 3.62. The van der Waals surface area contributed by atoms with E-state index in [0.717, 1.165) is 6.26 Å². The van der Waals surface area contributed by atoms with Gasteiger partial charge < -0.3 is 14.4 Å². The van der Waals surface area contributed by atoms with Gasteiger partial charge in [-0.25, -0.2) is 16.8 Å². The summed E-state index contributed by atoms with van der Waals surface area (Å²) in [5.74, 6) is -0.498. The number of hydrogen-bond donors (Lipinski definition) is 0. The maximum atomic E-state index is 12.9. The van der Waals surface area contributed by atoms with Gasteiger partial charge in [-0.3, -0.25) is 4.79 Å². The van der Waals surface area contributed by atoms with E-state index >= 15 is 0 Å². The monoisotopic (exact) mass is 389 g/mol. The van der Waals surface area contributed by atoms with Crippen molar-refractivity contribution in [2.45, 2.75) is 17.0 Å². The molecule has 3 rings (SSSR count). The number of carbonyl (C=O) groups is 1. The van der Waals surface area contributed by atoms with Crippen molar-refractivity contribution >= 4 is 25.6 Å². The topological polar surface area (TPSA) is 107 Å². The molecule has 2 heterocycles. The Kier molecular flexibility index (Phi) is 4.54. The highest BCUT2D eigenvalue weighted by Crippen LogP contribution is 2.29. The van der Waals surface area contributed by atoms with E-state index in [-0.39, 0.29) is 40.9 Å². The summed E-state index contributed by atoms with van der Waals surface area (Å²) in [5.41, 5.74) is 0.172. The smallest absolute Gasteiger partial charge is 0.254 e. The summed E-state index contributed by atoms with van der Waals surface area (Å²) < 4.78 is 58.1. The standard InChI is InChI=1S/C15H19NO7S2/c1-22-12-4-3-10(7-14(12)24(2,18)19)15(17)16-5-6-23-13-9-25(20,21)8-11(13)16/h3-4,7,11,13H,5-6,8-9H2,1-2H3. The number of fused-ring (bicyclic) bond motifs is 1. The third-order valence-electron chi connectivity index (χ3n) is 4.41. The molecule has 0 spiro atoms. The molecule has 1 aromatic carbocycles. The summed E-state index contributed by atoms with van der Waals surface area (Å²) in [6.07, 6.45) is 0.503. The molecular weight excluding hydrogens is 370 g/mol. The molecule has 1 amide bonds. The molecule has 2 unspecified atom stereocenters. The SMILES string of the molecule is COc1ccc(C(=O)N2CCOC3CS(=O)(=O)CC32)cc1S(C)(=O)=O. The van der Waals surface area contributed by atoms with Gasteiger partial charge in [0.25, 0.3) is 5.91 Å². The lowest BCUT2D eigenvalue weighted by Gasteiger charge is -2.36. The van der Waals surface area contributed by atoms with Gasteiger partial charge in [-0.05, 0) is 18.2 Å². The van der Waals surface area contributed by atoms with Gasteiger partial charge in [-0.15, -0.1) is 0 Å². The average Bonchev–Trinajstić information content (AvgIpc) is 2.86. The minimum Gasteiger partial charge on any atom is -0.495 e. The van der Waals surface area contributed by atoms with E-state index < -0.39 is 37.7 Å². The molecule has 2 aliphatic heterocycles. The van der Waals surface area contributed by atoms with Crippen LogP contribution >= 0.6 is 0 Å². The van der Waals surface area contributed by atoms with E-state index in [1.54, 1.807) is 0 Å². The molecule has 25 heavy (non-hydrogen) atoms. The Balaban J connectivity index is 1.96. The third-order valence-corrected chi connectivity index (χ3v) is 7.21. The molecule has 138 valence electrons. The number of ether oxygens (including phenoxy) is 2. The molecule has 0 radical (unpaired) electrons. The Labute approximate surface area is 146 Å². The van der Waals surface area contributed by atoms with Crippen LogP contribution in [0.3, 0.4) is 0 Å². The van der Waals surface area contributed by atoms with E-state index in [2.05, 4.69) is 0 Å². The van der Waals surface area contributed by atoms with Crippen LogP contribution in [0.2, 0.25) is 0 Å². The van der Waals surface area contributed by atoms with Crippen LogP contribution in [-0.2, 0) is 24.4 Å². The van der Waals surface area contributed by atoms with Crippen molar-refractivity contribution in [2.75, 3.05) is 38.0 Å². The van der Waals surface area contributed by atoms with Gasteiger partial charge in [0.2, 0.25) is 0 Å². The van der Waals surface area contributed by atoms with E-state index in [9.17, 15) is 21.6 Å². The van der Waals surface area contributed by atoms with Gasteiger partial charge in [0.05, 0.1) is 37.4 Å². The summed E-state index contributed by atoms with van der Waals surface area (Å²) in [7, 11) is -5.49. The second-order valence-electron chi connectivity index (χ2n) is 6.19. The Morgan fingerprint density at radius 2 is 2.04 bits per heavy atom. The largest absolute Gasteiger partial charge is 0.495 e. The van der Waals surface area contributed by atoms with E-state index in [0.29, 0.717) is 0 Å². The first-order valence-corrected chi connectivity index (χ1v) is 11.3. The zero-order valence-corrected chi connectivity index (χ0v) is 15.5. The van der Waals surface area contributed by atoms with Crippen LogP contribution in [0.1, 0.15) is 10.4 Å². The molecule has 2 saturated heterocycles. The second kappa shape index (κ2) is 6.26. The second-order valence-corrected chi connectivity index (χ2v) is 10.3. The highest BCUT2D eigenvalue weighted by molar-refractivity contribution is 7.91. The van der Waals surface area contributed by atoms with E-state index in [1.807, 2.05) is 0 Å². The first kappa shape index (κ1) is 18.2. The normalized spacial score (nSPS) is 25.4. The third kappa shape index (κ3) is 3.51. The molecule has 2 aliphatic rings. The predicted molar refractivity (Wildman–Crippen MR) is 89.3 cm³/mol. The lowest BCUT2D eigenvalue weighted by molar-refractivity contribution is -0.0361. The molecule has 0 N–H and O–H groups in total. The van der Waals surface area contributed by atoms with Crippen molar-refractivity contribution in [3.05, 3.63) is 23.8 Å². The van der Waals surface area contributed by atoms with Crippen LogP contribution < -0.4 is 4.74 Å². The number of benzene rings is 1. The van der Waals surface area contributed by atoms with Crippen LogP contribution in [0.15, 0.2) is 23.1 Å². The zero-order valence-electron chi connectivity index (χ0n) is 13.8. The lowest BCUT2D eigenvalue weighted by Crippen LogP contribution is -2.53. The highest BCUT2D eigenvalue weighted by Gasteiger charge is 2.45. The van der Waals surface area contributed by atoms with Crippen LogP contribution in [0.4, 0.5) is 0 Å². The van der Waals surface area contributed by atoms with Crippen molar-refractivity contribution in [1.29, 1.82) is 0 Å². The first-order chi connectivity index (χ1) is 11.6. The van der Waals surface area contributed by atoms with Crippen LogP contribution in [-0.4, -0.2) is 77.8 Å². The molecule has 0 saturated carbocycles. The van der Waals surface area contributed by atoms with Crippen LogP contribution in [0.5, 0.6) is 5.75 Å². The number of sulfone groups is 2. The van der Waals surface area contributed by atoms with Crippen molar-refractivity contribution in [2.24, 2.45) is 0 Å². The lowest BCUT2D eigenvalue weighted by atomic mass is 10.1. The van der Waals surface area contributed by atoms with Crippen LogP contribution in [0, 0.1) is 0 Å². The van der Waals surface area contributed by atoms with Crippen LogP contribution in [0.25, 0.3) is 0 Å². The maximum Gasteiger partial charge on any atom is 0.254 e. The Morgan fingerprint density at radius 3 is 2.68 bits per heavy atom. The number of methoxy groups -OCH3 is 1. The van der Waals surface area contributed by atoms with Gasteiger partial charge in [-0.1, -0.05) is 0 Å². The number of hydrogen-bond acceptors (Lipinski definition) is 7. The quantitative estimate of drug-likeness (QED) is 0.701. The number of rotatable bonds is 3. The Hall–Kier alpha value is -1.65. The van der Waals surface area contributed by atoms with Gasteiger partial charge in [0.15, 0.2) is 19.7 Å². The van der Waals surface area contributed by atoms with Crippen molar-refractivity contribution in [3.8, 4) is 5.75 Å². The fraction of sp³-hybridized carbons (Fsp3) is 0.533. The van der Waals surface area contributed by atoms with E-state index in [4.69, 9.17) is 9.47 Å². The molecule has 2 atom stereocenters. The molecular formula is C15H19NO7S2. The van der Waals surface area contributed by atoms with Gasteiger partial charge in [-0.2, -0.15) is 0 Å². The number of nitrogens with zero attached hydrogens (tertiary/aromatic N) is 1. The minimum absolute atomic E-state index is 0.0790. The zero-order chi connectivity index (χ0) is 18.4. The number of amides is 1. The van der Waals surface area contributed by atoms with Crippen molar-refractivity contribution < 1.29 is 31.1 Å². The molecule has 8 nitrogen and oxygen atoms in total. The van der Waals surface area contributed by atoms with Gasteiger partial charge in [0.1, 0.15) is 10.6 Å². The summed E-state index contributed by atoms with van der Waals surface area (Å²) in [4.78, 5) is 14.3. The molecule has 10 heteroatoms. The summed E-state index contributed by atoms with van der Waals surface area (Å²) in [5, 5.41) is 0. The molecule has 0 aliphatic carbocycles. The Morgan fingerprint density at radius 1 is 1.32 bits per heavy atom. The number of carbonyl (C=O) groups excluding carboxylic acids is 1. The summed E-state index contributed by atoms with van der Waals surface area (Å²) in [6.45, 7) is 0.507. The average molecular weight is 389 g/mol. The molecule has 2 fully saturated rings. The number of morpholine rings is 1. The fourth-order valence-electron chi connectivity index (χ4n) is 3.23.